The second kappa shape index (κ2) is 10.9. The maximum atomic E-state index is 12.7. The van der Waals surface area contributed by atoms with Crippen molar-refractivity contribution in [3.05, 3.63) is 101 Å². The lowest BCUT2D eigenvalue weighted by molar-refractivity contribution is -0.137. The fourth-order valence-electron chi connectivity index (χ4n) is 3.40. The Morgan fingerprint density at radius 1 is 1.00 bits per heavy atom. The van der Waals surface area contributed by atoms with Gasteiger partial charge in [0.2, 0.25) is 0 Å². The second-order valence-corrected chi connectivity index (χ2v) is 7.95. The van der Waals surface area contributed by atoms with Crippen LogP contribution < -0.4 is 14.8 Å². The standard InChI is InChI=1S/C26H21ClN2O6/c27-19-13-20(28-21-15-23(31)29(11-12-30)25(21)32)24(34-16-17-7-3-1-4-8-17)22(14-19)35-26(33)18-9-5-2-6-10-18/h1-10,13-15,28,30H,11-12,16H2. The number of nitrogens with one attached hydrogen (secondary N) is 1. The molecule has 0 bridgehead atoms. The summed E-state index contributed by atoms with van der Waals surface area (Å²) in [5.74, 6) is -1.63. The van der Waals surface area contributed by atoms with Crippen molar-refractivity contribution in [1.82, 2.24) is 4.90 Å². The molecule has 0 aliphatic carbocycles. The number of ether oxygens (including phenoxy) is 2. The normalized spacial score (nSPS) is 13.0. The number of carbonyl (C=O) groups is 3. The third-order valence-corrected chi connectivity index (χ3v) is 5.28. The van der Waals surface area contributed by atoms with E-state index in [2.05, 4.69) is 5.32 Å². The summed E-state index contributed by atoms with van der Waals surface area (Å²) >= 11 is 6.30. The van der Waals surface area contributed by atoms with Crippen LogP contribution in [0.25, 0.3) is 0 Å². The number of hydrogen-bond donors (Lipinski definition) is 2. The van der Waals surface area contributed by atoms with Gasteiger partial charge in [0.1, 0.15) is 12.3 Å². The van der Waals surface area contributed by atoms with E-state index in [4.69, 9.17) is 26.2 Å². The largest absolute Gasteiger partial charge is 0.483 e. The van der Waals surface area contributed by atoms with E-state index in [-0.39, 0.29) is 47.7 Å². The fraction of sp³-hybridized carbons (Fsp3) is 0.115. The van der Waals surface area contributed by atoms with E-state index in [1.165, 1.54) is 12.1 Å². The first-order valence-electron chi connectivity index (χ1n) is 10.7. The number of esters is 1. The number of aliphatic hydroxyl groups excluding tert-OH is 1. The summed E-state index contributed by atoms with van der Waals surface area (Å²) in [5.41, 5.74) is 1.38. The van der Waals surface area contributed by atoms with Gasteiger partial charge in [0.05, 0.1) is 24.4 Å². The number of anilines is 1. The molecule has 8 nitrogen and oxygen atoms in total. The quantitative estimate of drug-likeness (QED) is 0.266. The average molecular weight is 493 g/mol. The van der Waals surface area contributed by atoms with E-state index >= 15 is 0 Å². The first-order valence-corrected chi connectivity index (χ1v) is 11.1. The van der Waals surface area contributed by atoms with Gasteiger partial charge in [0.25, 0.3) is 11.8 Å². The van der Waals surface area contributed by atoms with Crippen molar-refractivity contribution in [1.29, 1.82) is 0 Å². The highest BCUT2D eigenvalue weighted by Crippen LogP contribution is 2.40. The molecule has 0 radical (unpaired) electrons. The molecule has 1 heterocycles. The van der Waals surface area contributed by atoms with E-state index in [0.717, 1.165) is 16.5 Å². The summed E-state index contributed by atoms with van der Waals surface area (Å²) < 4.78 is 11.6. The minimum atomic E-state index is -0.621. The van der Waals surface area contributed by atoms with Crippen LogP contribution in [0.15, 0.2) is 84.6 Å². The number of halogens is 1. The minimum absolute atomic E-state index is 0.0318. The monoisotopic (exact) mass is 492 g/mol. The van der Waals surface area contributed by atoms with Crippen molar-refractivity contribution in [3.63, 3.8) is 0 Å². The molecule has 0 saturated heterocycles. The van der Waals surface area contributed by atoms with Gasteiger partial charge in [-0.2, -0.15) is 0 Å². The van der Waals surface area contributed by atoms with Crippen LogP contribution in [0.4, 0.5) is 5.69 Å². The molecule has 1 aliphatic heterocycles. The van der Waals surface area contributed by atoms with Crippen LogP contribution >= 0.6 is 11.6 Å². The van der Waals surface area contributed by atoms with Crippen molar-refractivity contribution in [2.45, 2.75) is 6.61 Å². The maximum absolute atomic E-state index is 12.7. The Balaban J connectivity index is 1.68. The van der Waals surface area contributed by atoms with Crippen molar-refractivity contribution in [2.75, 3.05) is 18.5 Å². The van der Waals surface area contributed by atoms with Gasteiger partial charge < -0.3 is 19.9 Å². The molecule has 2 amide bonds. The molecule has 178 valence electrons. The van der Waals surface area contributed by atoms with Gasteiger partial charge >= 0.3 is 5.97 Å². The van der Waals surface area contributed by atoms with Crippen LogP contribution in [-0.4, -0.2) is 40.9 Å². The smallest absolute Gasteiger partial charge is 0.343 e. The van der Waals surface area contributed by atoms with Gasteiger partial charge in [-0.05, 0) is 23.8 Å². The molecule has 2 N–H and O–H groups in total. The van der Waals surface area contributed by atoms with Gasteiger partial charge in [-0.3, -0.25) is 14.5 Å². The number of β-amino-alcohol motifs (C(OH)–C–C–N with tert-alkyl or cyclic N) is 1. The summed E-state index contributed by atoms with van der Waals surface area (Å²) in [6.45, 7) is -0.359. The molecule has 35 heavy (non-hydrogen) atoms. The zero-order valence-electron chi connectivity index (χ0n) is 18.4. The number of nitrogens with zero attached hydrogens (tertiary/aromatic N) is 1. The van der Waals surface area contributed by atoms with Crippen LogP contribution in [0.1, 0.15) is 15.9 Å². The predicted octanol–water partition coefficient (Wildman–Crippen LogP) is 3.80. The third-order valence-electron chi connectivity index (χ3n) is 5.06. The minimum Gasteiger partial charge on any atom is -0.483 e. The Kier molecular flexibility index (Phi) is 7.45. The summed E-state index contributed by atoms with van der Waals surface area (Å²) in [4.78, 5) is 38.4. The van der Waals surface area contributed by atoms with Crippen molar-refractivity contribution >= 4 is 35.1 Å². The lowest BCUT2D eigenvalue weighted by Gasteiger charge is -2.18. The van der Waals surface area contributed by atoms with Gasteiger partial charge in [-0.1, -0.05) is 60.1 Å². The number of aliphatic hydroxyl groups is 1. The number of rotatable bonds is 9. The molecule has 0 atom stereocenters. The molecule has 0 fully saturated rings. The highest BCUT2D eigenvalue weighted by atomic mass is 35.5. The second-order valence-electron chi connectivity index (χ2n) is 7.51. The van der Waals surface area contributed by atoms with Crippen LogP contribution in [0.2, 0.25) is 5.02 Å². The van der Waals surface area contributed by atoms with Crippen LogP contribution in [-0.2, 0) is 16.2 Å². The molecular weight excluding hydrogens is 472 g/mol. The Morgan fingerprint density at radius 3 is 2.37 bits per heavy atom. The Hall–Kier alpha value is -4.14. The Labute approximate surface area is 206 Å². The Morgan fingerprint density at radius 2 is 1.69 bits per heavy atom. The molecule has 0 aromatic heterocycles. The maximum Gasteiger partial charge on any atom is 0.343 e. The van der Waals surface area contributed by atoms with Crippen molar-refractivity contribution in [3.8, 4) is 11.5 Å². The van der Waals surface area contributed by atoms with E-state index in [1.807, 2.05) is 30.3 Å². The first-order chi connectivity index (χ1) is 17.0. The van der Waals surface area contributed by atoms with E-state index in [0.29, 0.717) is 5.56 Å². The van der Waals surface area contributed by atoms with Gasteiger partial charge in [-0.25, -0.2) is 4.79 Å². The van der Waals surface area contributed by atoms with Crippen LogP contribution in [0, 0.1) is 0 Å². The van der Waals surface area contributed by atoms with Gasteiger partial charge in [0.15, 0.2) is 11.5 Å². The van der Waals surface area contributed by atoms with Crippen LogP contribution in [0.3, 0.4) is 0 Å². The van der Waals surface area contributed by atoms with Gasteiger partial charge in [0, 0.05) is 17.2 Å². The van der Waals surface area contributed by atoms with E-state index in [1.54, 1.807) is 30.3 Å². The molecule has 3 aromatic carbocycles. The molecule has 3 aromatic rings. The molecule has 0 spiro atoms. The predicted molar refractivity (Wildman–Crippen MR) is 129 cm³/mol. The fourth-order valence-corrected chi connectivity index (χ4v) is 3.61. The first kappa shape index (κ1) is 24.0. The topological polar surface area (TPSA) is 105 Å². The van der Waals surface area contributed by atoms with Gasteiger partial charge in [-0.15, -0.1) is 0 Å². The number of benzene rings is 3. The summed E-state index contributed by atoms with van der Waals surface area (Å²) in [7, 11) is 0. The summed E-state index contributed by atoms with van der Waals surface area (Å²) in [6.07, 6.45) is 1.12. The highest BCUT2D eigenvalue weighted by Gasteiger charge is 2.31. The zero-order valence-corrected chi connectivity index (χ0v) is 19.2. The van der Waals surface area contributed by atoms with Crippen molar-refractivity contribution in [2.24, 2.45) is 0 Å². The SMILES string of the molecule is O=C(Oc1cc(Cl)cc(NC2=CC(=O)N(CCO)C2=O)c1OCc1ccccc1)c1ccccc1. The zero-order chi connectivity index (χ0) is 24.8. The third kappa shape index (κ3) is 5.68. The number of imide groups is 1. The molecule has 1 aliphatic rings. The summed E-state index contributed by atoms with van der Waals surface area (Å²) in [6, 6.07) is 20.7. The molecular formula is C26H21ClN2O6. The number of amides is 2. The Bertz CT molecular complexity index is 1280. The summed E-state index contributed by atoms with van der Waals surface area (Å²) in [5, 5.41) is 12.2. The van der Waals surface area contributed by atoms with E-state index < -0.39 is 17.8 Å². The molecule has 0 unspecified atom stereocenters. The molecule has 9 heteroatoms. The highest BCUT2D eigenvalue weighted by molar-refractivity contribution is 6.31. The molecule has 4 rings (SSSR count). The lowest BCUT2D eigenvalue weighted by atomic mass is 10.2. The molecule has 0 saturated carbocycles. The lowest BCUT2D eigenvalue weighted by Crippen LogP contribution is -2.34. The van der Waals surface area contributed by atoms with Crippen LogP contribution in [0.5, 0.6) is 11.5 Å². The number of hydrogen-bond acceptors (Lipinski definition) is 7. The van der Waals surface area contributed by atoms with E-state index in [9.17, 15) is 14.4 Å². The number of carbonyl (C=O) groups excluding carboxylic acids is 3. The van der Waals surface area contributed by atoms with Crippen molar-refractivity contribution < 1.29 is 29.0 Å². The average Bonchev–Trinajstić information content (AvgIpc) is 3.12.